The quantitative estimate of drug-likeness (QED) is 0.752. The summed E-state index contributed by atoms with van der Waals surface area (Å²) in [5, 5.41) is 12.6. The van der Waals surface area contributed by atoms with Crippen molar-refractivity contribution in [2.75, 3.05) is 5.73 Å². The van der Waals surface area contributed by atoms with E-state index in [1.807, 2.05) is 6.07 Å². The van der Waals surface area contributed by atoms with Gasteiger partial charge in [-0.25, -0.2) is 4.98 Å². The summed E-state index contributed by atoms with van der Waals surface area (Å²) in [7, 11) is 0. The monoisotopic (exact) mass is 200 g/mol. The zero-order chi connectivity index (χ0) is 10.7. The average Bonchev–Trinajstić information content (AvgIpc) is 2.63. The Hall–Kier alpha value is -2.42. The molecule has 0 spiro atoms. The van der Waals surface area contributed by atoms with E-state index >= 15 is 0 Å². The van der Waals surface area contributed by atoms with Crippen LogP contribution in [0.15, 0.2) is 24.8 Å². The Kier molecular flexibility index (Phi) is 2.29. The Morgan fingerprint density at radius 1 is 1.40 bits per heavy atom. The van der Waals surface area contributed by atoms with Gasteiger partial charge in [0.25, 0.3) is 0 Å². The van der Waals surface area contributed by atoms with E-state index in [0.29, 0.717) is 17.2 Å². The third-order valence-electron chi connectivity index (χ3n) is 1.92. The molecule has 0 bridgehead atoms. The van der Waals surface area contributed by atoms with Crippen LogP contribution in [-0.4, -0.2) is 19.7 Å². The molecule has 2 rings (SSSR count). The summed E-state index contributed by atoms with van der Waals surface area (Å²) in [5.74, 6) is 0.969. The number of rotatable bonds is 2. The van der Waals surface area contributed by atoms with Crippen LogP contribution in [0, 0.1) is 11.3 Å². The van der Waals surface area contributed by atoms with Crippen molar-refractivity contribution in [1.82, 2.24) is 19.7 Å². The molecule has 74 valence electrons. The first-order valence-electron chi connectivity index (χ1n) is 4.28. The maximum absolute atomic E-state index is 8.55. The predicted octanol–water partition coefficient (Wildman–Crippen LogP) is 0.311. The van der Waals surface area contributed by atoms with Crippen molar-refractivity contribution < 1.29 is 0 Å². The maximum atomic E-state index is 8.55. The van der Waals surface area contributed by atoms with E-state index in [0.717, 1.165) is 0 Å². The first-order valence-corrected chi connectivity index (χ1v) is 4.28. The van der Waals surface area contributed by atoms with E-state index in [-0.39, 0.29) is 6.42 Å². The molecule has 2 aromatic rings. The molecule has 2 aromatic heterocycles. The summed E-state index contributed by atoms with van der Waals surface area (Å²) in [4.78, 5) is 7.97. The van der Waals surface area contributed by atoms with Crippen LogP contribution in [0.1, 0.15) is 5.56 Å². The Bertz CT molecular complexity index is 495. The van der Waals surface area contributed by atoms with Crippen LogP contribution in [0.25, 0.3) is 5.82 Å². The number of hydrogen-bond acceptors (Lipinski definition) is 5. The van der Waals surface area contributed by atoms with Gasteiger partial charge in [0.1, 0.15) is 5.82 Å². The van der Waals surface area contributed by atoms with E-state index in [4.69, 9.17) is 11.0 Å². The average molecular weight is 200 g/mol. The van der Waals surface area contributed by atoms with Crippen LogP contribution in [-0.2, 0) is 6.42 Å². The molecule has 0 amide bonds. The normalized spacial score (nSPS) is 9.80. The van der Waals surface area contributed by atoms with Gasteiger partial charge in [0.2, 0.25) is 0 Å². The van der Waals surface area contributed by atoms with Crippen LogP contribution < -0.4 is 5.73 Å². The van der Waals surface area contributed by atoms with Crippen LogP contribution in [0.5, 0.6) is 0 Å². The first kappa shape index (κ1) is 9.15. The van der Waals surface area contributed by atoms with Gasteiger partial charge in [-0.1, -0.05) is 0 Å². The molecule has 0 unspecified atom stereocenters. The van der Waals surface area contributed by atoms with E-state index < -0.39 is 0 Å². The maximum Gasteiger partial charge on any atom is 0.174 e. The first-order chi connectivity index (χ1) is 7.33. The molecule has 0 radical (unpaired) electrons. The predicted molar refractivity (Wildman–Crippen MR) is 52.9 cm³/mol. The number of hydrogen-bond donors (Lipinski definition) is 1. The molecular formula is C9H8N6. The Morgan fingerprint density at radius 3 is 2.93 bits per heavy atom. The summed E-state index contributed by atoms with van der Waals surface area (Å²) < 4.78 is 1.46. The van der Waals surface area contributed by atoms with E-state index in [1.54, 1.807) is 24.8 Å². The molecule has 0 aliphatic heterocycles. The second-order valence-electron chi connectivity index (χ2n) is 2.87. The standard InChI is InChI=1S/C9H8N6/c10-2-1-7-5-14-15(9(7)11)8-6-12-3-4-13-8/h3-6H,1,11H2. The van der Waals surface area contributed by atoms with Crippen molar-refractivity contribution in [1.29, 1.82) is 5.26 Å². The molecular weight excluding hydrogens is 192 g/mol. The van der Waals surface area contributed by atoms with Gasteiger partial charge in [0.15, 0.2) is 5.82 Å². The van der Waals surface area contributed by atoms with Crippen LogP contribution >= 0.6 is 0 Å². The molecule has 0 aliphatic rings. The van der Waals surface area contributed by atoms with Crippen molar-refractivity contribution in [3.63, 3.8) is 0 Å². The van der Waals surface area contributed by atoms with Crippen LogP contribution in [0.3, 0.4) is 0 Å². The minimum Gasteiger partial charge on any atom is -0.383 e. The minimum atomic E-state index is 0.242. The molecule has 6 heteroatoms. The topological polar surface area (TPSA) is 93.4 Å². The number of anilines is 1. The van der Waals surface area contributed by atoms with Crippen molar-refractivity contribution in [2.24, 2.45) is 0 Å². The fraction of sp³-hybridized carbons (Fsp3) is 0.111. The molecule has 0 aromatic carbocycles. The molecule has 0 fully saturated rings. The number of nitrogens with two attached hydrogens (primary N) is 1. The van der Waals surface area contributed by atoms with Crippen molar-refractivity contribution in [3.8, 4) is 11.9 Å². The summed E-state index contributed by atoms with van der Waals surface area (Å²) in [6.45, 7) is 0. The minimum absolute atomic E-state index is 0.242. The SMILES string of the molecule is N#CCc1cnn(-c2cnccn2)c1N. The molecule has 2 N–H and O–H groups in total. The van der Waals surface area contributed by atoms with Crippen molar-refractivity contribution >= 4 is 5.82 Å². The van der Waals surface area contributed by atoms with Crippen LogP contribution in [0.4, 0.5) is 5.82 Å². The molecule has 0 atom stereocenters. The lowest BCUT2D eigenvalue weighted by atomic mass is 10.2. The molecule has 2 heterocycles. The summed E-state index contributed by atoms with van der Waals surface area (Å²) in [5.41, 5.74) is 6.50. The third kappa shape index (κ3) is 1.62. The van der Waals surface area contributed by atoms with E-state index in [1.165, 1.54) is 4.68 Å². The molecule has 15 heavy (non-hydrogen) atoms. The lowest BCUT2D eigenvalue weighted by Crippen LogP contribution is -2.05. The fourth-order valence-electron chi connectivity index (χ4n) is 1.20. The third-order valence-corrected chi connectivity index (χ3v) is 1.92. The molecule has 0 aliphatic carbocycles. The van der Waals surface area contributed by atoms with Gasteiger partial charge in [-0.3, -0.25) is 4.98 Å². The van der Waals surface area contributed by atoms with Gasteiger partial charge >= 0.3 is 0 Å². The Morgan fingerprint density at radius 2 is 2.27 bits per heavy atom. The number of aromatic nitrogens is 4. The summed E-state index contributed by atoms with van der Waals surface area (Å²) in [6, 6.07) is 2.02. The van der Waals surface area contributed by atoms with Gasteiger partial charge in [-0.05, 0) is 0 Å². The fourth-order valence-corrected chi connectivity index (χ4v) is 1.20. The summed E-state index contributed by atoms with van der Waals surface area (Å²) in [6.07, 6.45) is 6.48. The number of nitrogens with zero attached hydrogens (tertiary/aromatic N) is 5. The molecule has 6 nitrogen and oxygen atoms in total. The van der Waals surface area contributed by atoms with Gasteiger partial charge < -0.3 is 5.73 Å². The highest BCUT2D eigenvalue weighted by molar-refractivity contribution is 5.45. The zero-order valence-electron chi connectivity index (χ0n) is 7.83. The van der Waals surface area contributed by atoms with Crippen molar-refractivity contribution in [2.45, 2.75) is 6.42 Å². The molecule has 0 saturated heterocycles. The van der Waals surface area contributed by atoms with Crippen LogP contribution in [0.2, 0.25) is 0 Å². The Balaban J connectivity index is 2.43. The van der Waals surface area contributed by atoms with Gasteiger partial charge in [0.05, 0.1) is 24.9 Å². The van der Waals surface area contributed by atoms with Crippen molar-refractivity contribution in [3.05, 3.63) is 30.4 Å². The van der Waals surface area contributed by atoms with E-state index in [2.05, 4.69) is 15.1 Å². The number of nitriles is 1. The number of nitrogen functional groups attached to an aromatic ring is 1. The highest BCUT2D eigenvalue weighted by Crippen LogP contribution is 2.14. The highest BCUT2D eigenvalue weighted by atomic mass is 15.3. The van der Waals surface area contributed by atoms with Gasteiger partial charge in [-0.15, -0.1) is 0 Å². The lowest BCUT2D eigenvalue weighted by Gasteiger charge is -2.01. The van der Waals surface area contributed by atoms with Gasteiger partial charge in [0, 0.05) is 18.0 Å². The second-order valence-corrected chi connectivity index (χ2v) is 2.87. The van der Waals surface area contributed by atoms with E-state index in [9.17, 15) is 0 Å². The molecule has 0 saturated carbocycles. The van der Waals surface area contributed by atoms with Gasteiger partial charge in [-0.2, -0.15) is 15.0 Å². The highest BCUT2D eigenvalue weighted by Gasteiger charge is 2.08. The second kappa shape index (κ2) is 3.75. The Labute approximate surface area is 86.0 Å². The summed E-state index contributed by atoms with van der Waals surface area (Å²) >= 11 is 0. The lowest BCUT2D eigenvalue weighted by molar-refractivity contribution is 0.847. The largest absolute Gasteiger partial charge is 0.383 e. The smallest absolute Gasteiger partial charge is 0.174 e. The zero-order valence-corrected chi connectivity index (χ0v) is 7.83.